The maximum Gasteiger partial charge on any atom is 0.293 e. The summed E-state index contributed by atoms with van der Waals surface area (Å²) < 4.78 is 0. The van der Waals surface area contributed by atoms with Crippen LogP contribution in [0, 0.1) is 0 Å². The lowest BCUT2D eigenvalue weighted by molar-refractivity contribution is -0.132. The molecule has 1 heterocycles. The monoisotopic (exact) mass is 659 g/mol. The zero-order chi connectivity index (χ0) is 34.2. The molecule has 16 heteroatoms. The standard InChI is InChI=1S/C30H45N9O6S/c1-3-4-8-20(24(32)40)36-26(42)21(9-5-6-15-31)38-27(43)22(10-7-16-35-29(33)34)37-25(41)19-13-11-18(12-14-19)17-23-28(44)39(2)30(45)46-23/h11-14,17,20-22H,3-10,15-16,31H2,1-2H3,(H2,32,40)(H,36,42)(H,37,41)(H,38,43)(H4,33,34,35)/b23-17-/t20-,21-,22-/m0/s1. The molecule has 0 unspecified atom stereocenters. The van der Waals surface area contributed by atoms with Crippen LogP contribution in [0.1, 0.15) is 74.2 Å². The van der Waals surface area contributed by atoms with Gasteiger partial charge in [0, 0.05) is 19.2 Å². The van der Waals surface area contributed by atoms with Crippen molar-refractivity contribution in [2.45, 2.75) is 76.4 Å². The van der Waals surface area contributed by atoms with Gasteiger partial charge in [0.05, 0.1) is 4.91 Å². The summed E-state index contributed by atoms with van der Waals surface area (Å²) in [6, 6.07) is 3.31. The second-order valence-electron chi connectivity index (χ2n) is 10.8. The number of unbranched alkanes of at least 4 members (excludes halogenated alkanes) is 2. The molecular formula is C30H45N9O6S. The van der Waals surface area contributed by atoms with E-state index < -0.39 is 47.7 Å². The number of thioether (sulfide) groups is 1. The molecule has 0 saturated carbocycles. The molecule has 2 rings (SSSR count). The average molecular weight is 660 g/mol. The van der Waals surface area contributed by atoms with Gasteiger partial charge in [0.15, 0.2) is 5.96 Å². The molecule has 3 atom stereocenters. The van der Waals surface area contributed by atoms with E-state index in [2.05, 4.69) is 20.9 Å². The van der Waals surface area contributed by atoms with Crippen molar-refractivity contribution < 1.29 is 28.8 Å². The summed E-state index contributed by atoms with van der Waals surface area (Å²) in [7, 11) is 1.40. The molecule has 0 aromatic heterocycles. The fraction of sp³-hybridized carbons (Fsp3) is 0.500. The molecule has 1 aliphatic rings. The van der Waals surface area contributed by atoms with Crippen LogP contribution in [0.3, 0.4) is 0 Å². The Morgan fingerprint density at radius 2 is 1.46 bits per heavy atom. The van der Waals surface area contributed by atoms with Crippen LogP contribution in [0.4, 0.5) is 4.79 Å². The van der Waals surface area contributed by atoms with E-state index in [9.17, 15) is 28.8 Å². The molecule has 0 aliphatic carbocycles. The van der Waals surface area contributed by atoms with E-state index in [1.165, 1.54) is 19.2 Å². The van der Waals surface area contributed by atoms with Gasteiger partial charge in [-0.25, -0.2) is 0 Å². The van der Waals surface area contributed by atoms with Gasteiger partial charge >= 0.3 is 0 Å². The van der Waals surface area contributed by atoms with Crippen LogP contribution in [0.15, 0.2) is 34.2 Å². The van der Waals surface area contributed by atoms with E-state index in [4.69, 9.17) is 22.9 Å². The van der Waals surface area contributed by atoms with Crippen LogP contribution in [0.2, 0.25) is 0 Å². The van der Waals surface area contributed by atoms with Crippen molar-refractivity contribution in [1.82, 2.24) is 20.9 Å². The summed E-state index contributed by atoms with van der Waals surface area (Å²) in [5.41, 5.74) is 22.8. The van der Waals surface area contributed by atoms with Crippen LogP contribution in [0.5, 0.6) is 0 Å². The Morgan fingerprint density at radius 1 is 0.870 bits per heavy atom. The first-order valence-corrected chi connectivity index (χ1v) is 16.0. The third-order valence-corrected chi connectivity index (χ3v) is 8.07. The number of amides is 6. The maximum absolute atomic E-state index is 13.5. The summed E-state index contributed by atoms with van der Waals surface area (Å²) in [5, 5.41) is 7.72. The van der Waals surface area contributed by atoms with Crippen molar-refractivity contribution >= 4 is 58.6 Å². The van der Waals surface area contributed by atoms with E-state index in [1.807, 2.05) is 6.92 Å². The van der Waals surface area contributed by atoms with E-state index in [-0.39, 0.29) is 41.1 Å². The number of benzene rings is 1. The van der Waals surface area contributed by atoms with Gasteiger partial charge in [-0.1, -0.05) is 31.9 Å². The molecular weight excluding hydrogens is 614 g/mol. The van der Waals surface area contributed by atoms with Crippen molar-refractivity contribution in [1.29, 1.82) is 0 Å². The predicted molar refractivity (Wildman–Crippen MR) is 177 cm³/mol. The molecule has 0 radical (unpaired) electrons. The zero-order valence-corrected chi connectivity index (χ0v) is 27.1. The Labute approximate surface area is 272 Å². The first kappa shape index (κ1) is 37.7. The van der Waals surface area contributed by atoms with Crippen molar-refractivity contribution in [2.75, 3.05) is 20.1 Å². The highest BCUT2D eigenvalue weighted by Gasteiger charge is 2.32. The molecule has 0 spiro atoms. The number of rotatable bonds is 19. The van der Waals surface area contributed by atoms with E-state index in [0.29, 0.717) is 44.2 Å². The van der Waals surface area contributed by atoms with Crippen molar-refractivity contribution in [3.8, 4) is 0 Å². The highest BCUT2D eigenvalue weighted by molar-refractivity contribution is 8.18. The Balaban J connectivity index is 2.21. The number of primary amides is 1. The Morgan fingerprint density at radius 3 is 2.00 bits per heavy atom. The summed E-state index contributed by atoms with van der Waals surface area (Å²) >= 11 is 0.823. The Bertz CT molecular complexity index is 1310. The number of nitrogens with zero attached hydrogens (tertiary/aromatic N) is 2. The number of aliphatic imine (C=N–C) groups is 1. The molecule has 11 N–H and O–H groups in total. The van der Waals surface area contributed by atoms with Gasteiger partial charge in [-0.15, -0.1) is 0 Å². The van der Waals surface area contributed by atoms with Gasteiger partial charge < -0.3 is 38.9 Å². The van der Waals surface area contributed by atoms with Gasteiger partial charge in [-0.2, -0.15) is 0 Å². The van der Waals surface area contributed by atoms with Crippen molar-refractivity contribution in [2.24, 2.45) is 27.9 Å². The molecule has 1 saturated heterocycles. The first-order chi connectivity index (χ1) is 21.9. The molecule has 15 nitrogen and oxygen atoms in total. The number of guanidine groups is 1. The number of imide groups is 1. The van der Waals surface area contributed by atoms with Gasteiger partial charge in [0.25, 0.3) is 17.1 Å². The molecule has 1 aromatic rings. The lowest BCUT2D eigenvalue weighted by Crippen LogP contribution is -2.56. The van der Waals surface area contributed by atoms with E-state index in [1.54, 1.807) is 18.2 Å². The zero-order valence-electron chi connectivity index (χ0n) is 26.3. The third kappa shape index (κ3) is 12.2. The summed E-state index contributed by atoms with van der Waals surface area (Å²) in [5.74, 6) is -2.92. The second kappa shape index (κ2) is 19.2. The number of nitrogens with one attached hydrogen (secondary N) is 3. The summed E-state index contributed by atoms with van der Waals surface area (Å²) in [6.45, 7) is 2.55. The number of likely N-dealkylation sites (N-methyl/N-ethyl adjacent to an activating group) is 1. The van der Waals surface area contributed by atoms with E-state index >= 15 is 0 Å². The van der Waals surface area contributed by atoms with Gasteiger partial charge in [0.2, 0.25) is 17.7 Å². The summed E-state index contributed by atoms with van der Waals surface area (Å²) in [6.07, 6.45) is 5.28. The minimum absolute atomic E-state index is 0.113. The number of carbonyl (C=O) groups excluding carboxylic acids is 6. The molecule has 1 fully saturated rings. The maximum atomic E-state index is 13.5. The van der Waals surface area contributed by atoms with Gasteiger partial charge in [-0.05, 0) is 80.6 Å². The molecule has 1 aromatic carbocycles. The number of hydrogen-bond acceptors (Lipinski definition) is 9. The van der Waals surface area contributed by atoms with Crippen molar-refractivity contribution in [3.05, 3.63) is 40.3 Å². The second-order valence-corrected chi connectivity index (χ2v) is 11.8. The van der Waals surface area contributed by atoms with Gasteiger partial charge in [0.1, 0.15) is 18.1 Å². The smallest absolute Gasteiger partial charge is 0.293 e. The summed E-state index contributed by atoms with van der Waals surface area (Å²) in [4.78, 5) is 81.1. The third-order valence-electron chi connectivity index (χ3n) is 7.11. The Kier molecular flexibility index (Phi) is 15.7. The highest BCUT2D eigenvalue weighted by Crippen LogP contribution is 2.30. The fourth-order valence-corrected chi connectivity index (χ4v) is 5.27. The van der Waals surface area contributed by atoms with Crippen LogP contribution >= 0.6 is 11.8 Å². The number of nitrogens with two attached hydrogens (primary N) is 4. The SMILES string of the molecule is CCCC[C@H](NC(=O)[C@H](CCCCN)NC(=O)[C@H](CCCN=C(N)N)NC(=O)c1ccc(/C=C2\SC(=O)N(C)C2=O)cc1)C(N)=O. The lowest BCUT2D eigenvalue weighted by atomic mass is 10.0. The normalized spacial score (nSPS) is 15.6. The molecule has 252 valence electrons. The quantitative estimate of drug-likeness (QED) is 0.0462. The molecule has 6 amide bonds. The van der Waals surface area contributed by atoms with Crippen LogP contribution in [-0.2, 0) is 19.2 Å². The molecule has 0 bridgehead atoms. The Hall–Kier alpha value is -4.44. The predicted octanol–water partition coefficient (Wildman–Crippen LogP) is 0.279. The van der Waals surface area contributed by atoms with Crippen LogP contribution < -0.4 is 38.9 Å². The number of hydrogen-bond donors (Lipinski definition) is 7. The minimum Gasteiger partial charge on any atom is -0.370 e. The van der Waals surface area contributed by atoms with E-state index in [0.717, 1.165) is 23.1 Å². The van der Waals surface area contributed by atoms with Crippen LogP contribution in [-0.4, -0.2) is 83.9 Å². The first-order valence-electron chi connectivity index (χ1n) is 15.2. The fourth-order valence-electron chi connectivity index (χ4n) is 4.44. The van der Waals surface area contributed by atoms with Crippen LogP contribution in [0.25, 0.3) is 6.08 Å². The minimum atomic E-state index is -1.06. The van der Waals surface area contributed by atoms with Crippen molar-refractivity contribution in [3.63, 3.8) is 0 Å². The largest absolute Gasteiger partial charge is 0.370 e. The highest BCUT2D eigenvalue weighted by atomic mass is 32.2. The topological polar surface area (TPSA) is 258 Å². The lowest BCUT2D eigenvalue weighted by Gasteiger charge is -2.25. The number of carbonyl (C=O) groups is 6. The average Bonchev–Trinajstić information content (AvgIpc) is 3.25. The molecule has 1 aliphatic heterocycles. The van der Waals surface area contributed by atoms with Gasteiger partial charge in [-0.3, -0.25) is 38.7 Å². The molecule has 46 heavy (non-hydrogen) atoms.